The molecule has 0 aromatic heterocycles. The SMILES string of the molecule is CN(CC12CC3CC(CC(C3)C1)C2)C(=O)C1CC12CCNCC2. The van der Waals surface area contributed by atoms with Crippen molar-refractivity contribution in [3.63, 3.8) is 0 Å². The van der Waals surface area contributed by atoms with E-state index in [9.17, 15) is 4.79 Å². The first kappa shape index (κ1) is 14.7. The van der Waals surface area contributed by atoms with Crippen molar-refractivity contribution in [3.8, 4) is 0 Å². The van der Waals surface area contributed by atoms with Gasteiger partial charge in [0.2, 0.25) is 5.91 Å². The molecule has 4 bridgehead atoms. The van der Waals surface area contributed by atoms with Crippen molar-refractivity contribution in [1.82, 2.24) is 10.2 Å². The van der Waals surface area contributed by atoms with Gasteiger partial charge in [-0.3, -0.25) is 4.79 Å². The van der Waals surface area contributed by atoms with Gasteiger partial charge < -0.3 is 10.2 Å². The van der Waals surface area contributed by atoms with E-state index in [0.29, 0.717) is 22.7 Å². The Bertz CT molecular complexity index is 472. The molecule has 5 saturated carbocycles. The number of carbonyl (C=O) groups excluding carboxylic acids is 1. The van der Waals surface area contributed by atoms with Crippen molar-refractivity contribution in [3.05, 3.63) is 0 Å². The van der Waals surface area contributed by atoms with Gasteiger partial charge in [-0.25, -0.2) is 0 Å². The zero-order valence-corrected chi connectivity index (χ0v) is 14.7. The largest absolute Gasteiger partial charge is 0.345 e. The molecule has 23 heavy (non-hydrogen) atoms. The highest BCUT2D eigenvalue weighted by molar-refractivity contribution is 5.82. The number of hydrogen-bond acceptors (Lipinski definition) is 2. The normalized spacial score (nSPS) is 46.1. The molecule has 3 heteroatoms. The molecule has 1 heterocycles. The van der Waals surface area contributed by atoms with E-state index in [2.05, 4.69) is 17.3 Å². The third-order valence-corrected chi connectivity index (χ3v) is 8.20. The Morgan fingerprint density at radius 3 is 2.13 bits per heavy atom. The summed E-state index contributed by atoms with van der Waals surface area (Å²) in [5.41, 5.74) is 0.882. The van der Waals surface area contributed by atoms with Gasteiger partial charge in [-0.15, -0.1) is 0 Å². The van der Waals surface area contributed by atoms with Crippen LogP contribution in [0.5, 0.6) is 0 Å². The summed E-state index contributed by atoms with van der Waals surface area (Å²) >= 11 is 0. The molecule has 6 aliphatic rings. The Morgan fingerprint density at radius 1 is 1.00 bits per heavy atom. The molecule has 1 unspecified atom stereocenters. The Labute approximate surface area is 140 Å². The lowest BCUT2D eigenvalue weighted by atomic mass is 9.49. The van der Waals surface area contributed by atoms with E-state index in [4.69, 9.17) is 0 Å². The fourth-order valence-electron chi connectivity index (χ4n) is 7.50. The van der Waals surface area contributed by atoms with Crippen LogP contribution in [0, 0.1) is 34.5 Å². The molecular formula is C20H32N2O. The summed E-state index contributed by atoms with van der Waals surface area (Å²) in [5, 5.41) is 3.45. The number of nitrogens with one attached hydrogen (secondary N) is 1. The molecule has 6 rings (SSSR count). The molecule has 1 spiro atoms. The molecule has 0 radical (unpaired) electrons. The van der Waals surface area contributed by atoms with Crippen molar-refractivity contribution < 1.29 is 4.79 Å². The maximum Gasteiger partial charge on any atom is 0.226 e. The monoisotopic (exact) mass is 316 g/mol. The van der Waals surface area contributed by atoms with Gasteiger partial charge in [-0.05, 0) is 99.5 Å². The van der Waals surface area contributed by atoms with Crippen molar-refractivity contribution in [2.45, 2.75) is 57.8 Å². The Kier molecular flexibility index (Phi) is 3.19. The number of amides is 1. The van der Waals surface area contributed by atoms with Crippen LogP contribution in [0.15, 0.2) is 0 Å². The summed E-state index contributed by atoms with van der Waals surface area (Å²) in [4.78, 5) is 15.2. The van der Waals surface area contributed by atoms with E-state index in [1.54, 1.807) is 0 Å². The van der Waals surface area contributed by atoms with Crippen LogP contribution in [0.3, 0.4) is 0 Å². The molecule has 1 N–H and O–H groups in total. The van der Waals surface area contributed by atoms with E-state index in [0.717, 1.165) is 37.4 Å². The highest BCUT2D eigenvalue weighted by atomic mass is 16.2. The van der Waals surface area contributed by atoms with Crippen LogP contribution in [0.2, 0.25) is 0 Å². The molecule has 128 valence electrons. The number of nitrogens with zero attached hydrogens (tertiary/aromatic N) is 1. The van der Waals surface area contributed by atoms with Gasteiger partial charge in [-0.2, -0.15) is 0 Å². The highest BCUT2D eigenvalue weighted by Gasteiger charge is 2.59. The van der Waals surface area contributed by atoms with Crippen LogP contribution in [0.25, 0.3) is 0 Å². The predicted molar refractivity (Wildman–Crippen MR) is 90.9 cm³/mol. The summed E-state index contributed by atoms with van der Waals surface area (Å²) in [7, 11) is 2.11. The fraction of sp³-hybridized carbons (Fsp3) is 0.950. The molecule has 0 aromatic rings. The van der Waals surface area contributed by atoms with E-state index in [-0.39, 0.29) is 0 Å². The summed E-state index contributed by atoms with van der Waals surface area (Å²) in [6.45, 7) is 3.28. The molecule has 1 amide bonds. The van der Waals surface area contributed by atoms with Gasteiger partial charge >= 0.3 is 0 Å². The zero-order chi connectivity index (χ0) is 15.7. The maximum atomic E-state index is 13.0. The number of hydrogen-bond donors (Lipinski definition) is 1. The van der Waals surface area contributed by atoms with Gasteiger partial charge in [-0.1, -0.05) is 0 Å². The Morgan fingerprint density at radius 2 is 1.57 bits per heavy atom. The van der Waals surface area contributed by atoms with Gasteiger partial charge in [0.05, 0.1) is 0 Å². The number of piperidine rings is 1. The van der Waals surface area contributed by atoms with Crippen LogP contribution in [-0.2, 0) is 4.79 Å². The number of carbonyl (C=O) groups is 1. The van der Waals surface area contributed by atoms with Crippen molar-refractivity contribution in [2.75, 3.05) is 26.7 Å². The summed E-state index contributed by atoms with van der Waals surface area (Å²) < 4.78 is 0. The third kappa shape index (κ3) is 2.37. The topological polar surface area (TPSA) is 32.3 Å². The van der Waals surface area contributed by atoms with E-state index in [1.807, 2.05) is 0 Å². The molecule has 1 aliphatic heterocycles. The first-order valence-electron chi connectivity index (χ1n) is 10.0. The van der Waals surface area contributed by atoms with Crippen molar-refractivity contribution >= 4 is 5.91 Å². The van der Waals surface area contributed by atoms with Crippen LogP contribution >= 0.6 is 0 Å². The molecule has 1 saturated heterocycles. The lowest BCUT2D eigenvalue weighted by Gasteiger charge is -2.57. The highest BCUT2D eigenvalue weighted by Crippen LogP contribution is 2.61. The average Bonchev–Trinajstić information content (AvgIpc) is 3.18. The fourth-order valence-corrected chi connectivity index (χ4v) is 7.50. The first-order chi connectivity index (χ1) is 11.1. The van der Waals surface area contributed by atoms with Gasteiger partial charge in [0, 0.05) is 19.5 Å². The average molecular weight is 316 g/mol. The van der Waals surface area contributed by atoms with Crippen LogP contribution in [-0.4, -0.2) is 37.5 Å². The van der Waals surface area contributed by atoms with E-state index >= 15 is 0 Å². The molecule has 3 nitrogen and oxygen atoms in total. The minimum absolute atomic E-state index is 0.350. The van der Waals surface area contributed by atoms with Crippen LogP contribution < -0.4 is 5.32 Å². The van der Waals surface area contributed by atoms with Crippen molar-refractivity contribution in [1.29, 1.82) is 0 Å². The summed E-state index contributed by atoms with van der Waals surface area (Å²) in [6.07, 6.45) is 12.3. The van der Waals surface area contributed by atoms with Gasteiger partial charge in [0.15, 0.2) is 0 Å². The van der Waals surface area contributed by atoms with Gasteiger partial charge in [0.1, 0.15) is 0 Å². The van der Waals surface area contributed by atoms with Gasteiger partial charge in [0.25, 0.3) is 0 Å². The quantitative estimate of drug-likeness (QED) is 0.868. The van der Waals surface area contributed by atoms with E-state index < -0.39 is 0 Å². The molecule has 0 aromatic carbocycles. The second-order valence-electron chi connectivity index (χ2n) is 9.98. The third-order valence-electron chi connectivity index (χ3n) is 8.20. The molecular weight excluding hydrogens is 284 g/mol. The van der Waals surface area contributed by atoms with Crippen LogP contribution in [0.4, 0.5) is 0 Å². The smallest absolute Gasteiger partial charge is 0.226 e. The second kappa shape index (κ2) is 4.97. The molecule has 5 aliphatic carbocycles. The van der Waals surface area contributed by atoms with Crippen molar-refractivity contribution in [2.24, 2.45) is 34.5 Å². The minimum atomic E-state index is 0.350. The molecule has 1 atom stereocenters. The zero-order valence-electron chi connectivity index (χ0n) is 14.7. The van der Waals surface area contributed by atoms with Crippen LogP contribution in [0.1, 0.15) is 57.8 Å². The molecule has 6 fully saturated rings. The van der Waals surface area contributed by atoms with E-state index in [1.165, 1.54) is 57.8 Å². The first-order valence-corrected chi connectivity index (χ1v) is 10.0. The summed E-state index contributed by atoms with van der Waals surface area (Å²) in [5.74, 6) is 3.79. The maximum absolute atomic E-state index is 13.0. The lowest BCUT2D eigenvalue weighted by molar-refractivity contribution is -0.137. The standard InChI is InChI=1S/C20H32N2O/c1-22(18(23)17-12-20(17)2-4-21-5-3-20)13-19-9-14-6-15(10-19)8-16(7-14)11-19/h14-17,21H,2-13H2,1H3. The predicted octanol–water partition coefficient (Wildman–Crippen LogP) is 3.05. The summed E-state index contributed by atoms with van der Waals surface area (Å²) in [6, 6.07) is 0. The Hall–Kier alpha value is -0.570. The number of rotatable bonds is 3. The second-order valence-corrected chi connectivity index (χ2v) is 9.98. The Balaban J connectivity index is 1.25. The lowest BCUT2D eigenvalue weighted by Crippen LogP contribution is -2.51. The minimum Gasteiger partial charge on any atom is -0.345 e.